The summed E-state index contributed by atoms with van der Waals surface area (Å²) in [6, 6.07) is 23.3. The largest absolute Gasteiger partial charge is 0.449 e. The summed E-state index contributed by atoms with van der Waals surface area (Å²) in [5.41, 5.74) is 12.4. The Hall–Kier alpha value is -3.72. The highest BCUT2D eigenvalue weighted by molar-refractivity contribution is 7.13. The number of alkyl carbamates (subject to hydrolysis) is 1. The van der Waals surface area contributed by atoms with Gasteiger partial charge >= 0.3 is 6.09 Å². The number of nitrogens with one attached hydrogen (secondary N) is 1. The molecule has 5 N–H and O–H groups in total. The van der Waals surface area contributed by atoms with Crippen LogP contribution in [-0.4, -0.2) is 40.5 Å². The van der Waals surface area contributed by atoms with E-state index in [-0.39, 0.29) is 19.1 Å². The van der Waals surface area contributed by atoms with Crippen LogP contribution in [0.1, 0.15) is 28.7 Å². The van der Waals surface area contributed by atoms with Gasteiger partial charge in [-0.3, -0.25) is 0 Å². The van der Waals surface area contributed by atoms with Crippen molar-refractivity contribution in [2.45, 2.75) is 18.1 Å². The SMILES string of the molecule is Nc1nc(-c2ccc(C(O)C(O)CNC(=O)OCC3c4ccccc4-c4ccccc43)cc2)cs1. The van der Waals surface area contributed by atoms with Crippen molar-refractivity contribution in [2.75, 3.05) is 18.9 Å². The minimum absolute atomic E-state index is 0.0461. The molecule has 7 nitrogen and oxygen atoms in total. The molecule has 0 aliphatic heterocycles. The first-order valence-electron chi connectivity index (χ1n) is 11.3. The van der Waals surface area contributed by atoms with Gasteiger partial charge in [0, 0.05) is 23.4 Å². The van der Waals surface area contributed by atoms with Crippen molar-refractivity contribution in [1.29, 1.82) is 0 Å². The van der Waals surface area contributed by atoms with Crippen LogP contribution in [-0.2, 0) is 4.74 Å². The van der Waals surface area contributed by atoms with Crippen molar-refractivity contribution < 1.29 is 19.7 Å². The van der Waals surface area contributed by atoms with E-state index in [1.165, 1.54) is 11.3 Å². The Balaban J connectivity index is 1.15. The molecule has 178 valence electrons. The Morgan fingerprint density at radius 1 is 1.00 bits per heavy atom. The number of aromatic nitrogens is 1. The van der Waals surface area contributed by atoms with Crippen molar-refractivity contribution in [3.05, 3.63) is 94.9 Å². The van der Waals surface area contributed by atoms with Gasteiger partial charge in [0.25, 0.3) is 0 Å². The third kappa shape index (κ3) is 4.77. The number of carbonyl (C=O) groups is 1. The van der Waals surface area contributed by atoms with E-state index in [0.29, 0.717) is 10.7 Å². The molecule has 0 spiro atoms. The standard InChI is InChI=1S/C27H25N3O4S/c28-26-30-23(15-35-26)16-9-11-17(12-10-16)25(32)24(31)13-29-27(33)34-14-22-20-7-3-1-5-18(20)19-6-2-4-8-21(19)22/h1-12,15,22,24-25,31-32H,13-14H2,(H2,28,30)(H,29,33). The molecule has 1 heterocycles. The number of aliphatic hydroxyl groups excluding tert-OH is 2. The molecule has 1 aliphatic carbocycles. The molecule has 1 aliphatic rings. The molecule has 0 bridgehead atoms. The minimum atomic E-state index is -1.20. The van der Waals surface area contributed by atoms with Crippen LogP contribution < -0.4 is 11.1 Å². The van der Waals surface area contributed by atoms with Gasteiger partial charge in [0.15, 0.2) is 5.13 Å². The summed E-state index contributed by atoms with van der Waals surface area (Å²) >= 11 is 1.35. The molecular formula is C27H25N3O4S. The average molecular weight is 488 g/mol. The van der Waals surface area contributed by atoms with Gasteiger partial charge in [-0.2, -0.15) is 0 Å². The molecule has 4 aromatic rings. The van der Waals surface area contributed by atoms with Gasteiger partial charge in [-0.05, 0) is 27.8 Å². The Bertz CT molecular complexity index is 1290. The third-order valence-electron chi connectivity index (χ3n) is 6.23. The second-order valence-corrected chi connectivity index (χ2v) is 9.30. The predicted octanol–water partition coefficient (Wildman–Crippen LogP) is 4.33. The number of nitrogen functional groups attached to an aromatic ring is 1. The number of nitrogens with two attached hydrogens (primary N) is 1. The first-order valence-corrected chi connectivity index (χ1v) is 12.2. The van der Waals surface area contributed by atoms with Gasteiger partial charge in [0.2, 0.25) is 0 Å². The average Bonchev–Trinajstić information content (AvgIpc) is 3.47. The molecule has 0 fully saturated rings. The number of hydrogen-bond donors (Lipinski definition) is 4. The quantitative estimate of drug-likeness (QED) is 0.308. The Labute approximate surface area is 206 Å². The predicted molar refractivity (Wildman–Crippen MR) is 136 cm³/mol. The lowest BCUT2D eigenvalue weighted by Crippen LogP contribution is -2.36. The van der Waals surface area contributed by atoms with Gasteiger partial charge in [0.1, 0.15) is 18.8 Å². The maximum Gasteiger partial charge on any atom is 0.407 e. The second-order valence-electron chi connectivity index (χ2n) is 8.41. The van der Waals surface area contributed by atoms with E-state index in [4.69, 9.17) is 10.5 Å². The number of fused-ring (bicyclic) bond motifs is 3. The van der Waals surface area contributed by atoms with Crippen molar-refractivity contribution in [3.8, 4) is 22.4 Å². The summed E-state index contributed by atoms with van der Waals surface area (Å²) in [4.78, 5) is 16.6. The third-order valence-corrected chi connectivity index (χ3v) is 6.91. The Morgan fingerprint density at radius 3 is 2.23 bits per heavy atom. The summed E-state index contributed by atoms with van der Waals surface area (Å²) in [5, 5.41) is 25.8. The van der Waals surface area contributed by atoms with E-state index in [0.717, 1.165) is 33.5 Å². The molecule has 5 rings (SSSR count). The number of benzene rings is 3. The summed E-state index contributed by atoms with van der Waals surface area (Å²) < 4.78 is 5.48. The number of anilines is 1. The fraction of sp³-hybridized carbons (Fsp3) is 0.185. The molecule has 35 heavy (non-hydrogen) atoms. The van der Waals surface area contributed by atoms with Crippen LogP contribution in [0.3, 0.4) is 0 Å². The second kappa shape index (κ2) is 9.87. The van der Waals surface area contributed by atoms with Crippen LogP contribution in [0.4, 0.5) is 9.93 Å². The Kier molecular flexibility index (Phi) is 6.50. The maximum absolute atomic E-state index is 12.3. The number of carbonyl (C=O) groups excluding carboxylic acids is 1. The van der Waals surface area contributed by atoms with E-state index in [9.17, 15) is 15.0 Å². The van der Waals surface area contributed by atoms with E-state index < -0.39 is 18.3 Å². The maximum atomic E-state index is 12.3. The smallest absolute Gasteiger partial charge is 0.407 e. The van der Waals surface area contributed by atoms with Gasteiger partial charge in [-0.25, -0.2) is 9.78 Å². The molecule has 2 atom stereocenters. The lowest BCUT2D eigenvalue weighted by molar-refractivity contribution is 0.0185. The van der Waals surface area contributed by atoms with Gasteiger partial charge < -0.3 is 26.0 Å². The van der Waals surface area contributed by atoms with Gasteiger partial charge in [-0.15, -0.1) is 11.3 Å². The van der Waals surface area contributed by atoms with Crippen molar-refractivity contribution in [2.24, 2.45) is 0 Å². The summed E-state index contributed by atoms with van der Waals surface area (Å²) in [6.07, 6.45) is -3.01. The fourth-order valence-corrected chi connectivity index (χ4v) is 5.01. The summed E-state index contributed by atoms with van der Waals surface area (Å²) in [5.74, 6) is -0.0461. The van der Waals surface area contributed by atoms with Crippen LogP contribution in [0.25, 0.3) is 22.4 Å². The normalized spacial score (nSPS) is 14.1. The van der Waals surface area contributed by atoms with Crippen LogP contribution in [0, 0.1) is 0 Å². The molecule has 0 saturated carbocycles. The number of nitrogens with zero attached hydrogens (tertiary/aromatic N) is 1. The lowest BCUT2D eigenvalue weighted by atomic mass is 9.98. The molecule has 8 heteroatoms. The van der Waals surface area contributed by atoms with Crippen LogP contribution in [0.2, 0.25) is 0 Å². The highest BCUT2D eigenvalue weighted by Gasteiger charge is 2.29. The van der Waals surface area contributed by atoms with E-state index in [1.807, 2.05) is 29.6 Å². The topological polar surface area (TPSA) is 118 Å². The highest BCUT2D eigenvalue weighted by Crippen LogP contribution is 2.44. The van der Waals surface area contributed by atoms with Crippen LogP contribution in [0.5, 0.6) is 0 Å². The van der Waals surface area contributed by atoms with E-state index in [2.05, 4.69) is 34.6 Å². The summed E-state index contributed by atoms with van der Waals surface area (Å²) in [6.45, 7) is 0.0311. The molecule has 0 saturated heterocycles. The highest BCUT2D eigenvalue weighted by atomic mass is 32.1. The number of hydrogen-bond acceptors (Lipinski definition) is 7. The zero-order valence-electron chi connectivity index (χ0n) is 18.8. The number of thiazole rings is 1. The zero-order valence-corrected chi connectivity index (χ0v) is 19.6. The summed E-state index contributed by atoms with van der Waals surface area (Å²) in [7, 11) is 0. The molecule has 1 amide bonds. The number of amides is 1. The fourth-order valence-electron chi connectivity index (χ4n) is 4.44. The van der Waals surface area contributed by atoms with Gasteiger partial charge in [-0.1, -0.05) is 72.8 Å². The number of rotatable bonds is 7. The van der Waals surface area contributed by atoms with Gasteiger partial charge in [0.05, 0.1) is 5.69 Å². The Morgan fingerprint density at radius 2 is 1.63 bits per heavy atom. The molecular weight excluding hydrogens is 462 g/mol. The van der Waals surface area contributed by atoms with Crippen LogP contribution in [0.15, 0.2) is 78.2 Å². The minimum Gasteiger partial charge on any atom is -0.449 e. The first-order chi connectivity index (χ1) is 17.0. The molecule has 1 aromatic heterocycles. The number of ether oxygens (including phenoxy) is 1. The molecule has 2 unspecified atom stereocenters. The van der Waals surface area contributed by atoms with Crippen molar-refractivity contribution in [1.82, 2.24) is 10.3 Å². The van der Waals surface area contributed by atoms with E-state index in [1.54, 1.807) is 24.3 Å². The van der Waals surface area contributed by atoms with Crippen LogP contribution >= 0.6 is 11.3 Å². The number of aliphatic hydroxyl groups is 2. The lowest BCUT2D eigenvalue weighted by Gasteiger charge is -2.19. The molecule has 3 aromatic carbocycles. The van der Waals surface area contributed by atoms with E-state index >= 15 is 0 Å². The zero-order chi connectivity index (χ0) is 24.4. The van der Waals surface area contributed by atoms with Crippen molar-refractivity contribution in [3.63, 3.8) is 0 Å². The first kappa shape index (κ1) is 23.0. The monoisotopic (exact) mass is 487 g/mol. The molecule has 0 radical (unpaired) electrons. The van der Waals surface area contributed by atoms with Crippen molar-refractivity contribution >= 4 is 22.6 Å².